The number of ether oxygens (including phenoxy) is 1. The van der Waals surface area contributed by atoms with Gasteiger partial charge in [-0.15, -0.1) is 0 Å². The molecule has 3 aromatic rings. The van der Waals surface area contributed by atoms with Crippen molar-refractivity contribution in [1.82, 2.24) is 4.98 Å². The third kappa shape index (κ3) is 4.33. The summed E-state index contributed by atoms with van der Waals surface area (Å²) >= 11 is 0. The number of aryl methyl sites for hydroxylation is 1. The summed E-state index contributed by atoms with van der Waals surface area (Å²) < 4.78 is 19.3. The molecule has 0 atom stereocenters. The molecule has 0 aliphatic heterocycles. The van der Waals surface area contributed by atoms with Crippen LogP contribution < -0.4 is 4.74 Å². The minimum absolute atomic E-state index is 0.0601. The molecule has 3 rings (SSSR count). The first-order valence-electron chi connectivity index (χ1n) is 8.69. The van der Waals surface area contributed by atoms with Crippen molar-refractivity contribution in [1.29, 1.82) is 5.26 Å². The Morgan fingerprint density at radius 3 is 2.75 bits per heavy atom. The number of benzene rings is 2. The van der Waals surface area contributed by atoms with Gasteiger partial charge in [0, 0.05) is 11.8 Å². The summed E-state index contributed by atoms with van der Waals surface area (Å²) in [6.07, 6.45) is 2.63. The maximum atomic E-state index is 13.6. The molecule has 28 heavy (non-hydrogen) atoms. The van der Waals surface area contributed by atoms with Crippen molar-refractivity contribution in [2.24, 2.45) is 0 Å². The minimum atomic E-state index is -1.09. The Balaban J connectivity index is 1.71. The van der Waals surface area contributed by atoms with E-state index in [-0.39, 0.29) is 22.6 Å². The van der Waals surface area contributed by atoms with Crippen LogP contribution in [-0.2, 0) is 6.42 Å². The molecule has 140 valence electrons. The highest BCUT2D eigenvalue weighted by atomic mass is 19.1. The molecular weight excluding hydrogens is 359 g/mol. The first kappa shape index (κ1) is 19.1. The molecule has 5 nitrogen and oxygen atoms in total. The molecule has 0 saturated heterocycles. The molecule has 0 aliphatic carbocycles. The van der Waals surface area contributed by atoms with Gasteiger partial charge in [0.2, 0.25) is 0 Å². The second-order valence-corrected chi connectivity index (χ2v) is 6.07. The van der Waals surface area contributed by atoms with E-state index in [2.05, 4.69) is 11.1 Å². The zero-order chi connectivity index (χ0) is 19.9. The van der Waals surface area contributed by atoms with Crippen molar-refractivity contribution >= 4 is 5.97 Å². The molecule has 0 amide bonds. The Labute approximate surface area is 161 Å². The molecule has 1 aromatic heterocycles. The van der Waals surface area contributed by atoms with Gasteiger partial charge >= 0.3 is 5.97 Å². The lowest BCUT2D eigenvalue weighted by atomic mass is 10.0. The van der Waals surface area contributed by atoms with Crippen molar-refractivity contribution in [3.63, 3.8) is 0 Å². The summed E-state index contributed by atoms with van der Waals surface area (Å²) in [4.78, 5) is 15.5. The van der Waals surface area contributed by atoms with Crippen LogP contribution in [0.3, 0.4) is 0 Å². The summed E-state index contributed by atoms with van der Waals surface area (Å²) in [7, 11) is 0. The third-order valence-corrected chi connectivity index (χ3v) is 4.22. The van der Waals surface area contributed by atoms with E-state index in [1.165, 1.54) is 18.3 Å². The number of carboxylic acid groups (broad SMARTS) is 1. The second kappa shape index (κ2) is 8.78. The Hall–Kier alpha value is -3.72. The van der Waals surface area contributed by atoms with Crippen molar-refractivity contribution < 1.29 is 19.0 Å². The van der Waals surface area contributed by atoms with Gasteiger partial charge in [-0.3, -0.25) is 4.98 Å². The number of carboxylic acids is 1. The van der Waals surface area contributed by atoms with Crippen molar-refractivity contribution in [3.05, 3.63) is 83.3 Å². The number of hydrogen-bond donors (Lipinski definition) is 1. The largest absolute Gasteiger partial charge is 0.492 e. The summed E-state index contributed by atoms with van der Waals surface area (Å²) in [5.41, 5.74) is 1.78. The lowest BCUT2D eigenvalue weighted by molar-refractivity contribution is 0.0697. The smallest absolute Gasteiger partial charge is 0.337 e. The summed E-state index contributed by atoms with van der Waals surface area (Å²) in [5.74, 6) is -0.933. The van der Waals surface area contributed by atoms with Crippen molar-refractivity contribution in [3.8, 4) is 23.1 Å². The van der Waals surface area contributed by atoms with Crippen LogP contribution in [0.1, 0.15) is 27.9 Å². The van der Waals surface area contributed by atoms with E-state index in [0.717, 1.165) is 0 Å². The molecule has 0 unspecified atom stereocenters. The average molecular weight is 376 g/mol. The lowest BCUT2D eigenvalue weighted by Crippen LogP contribution is -2.03. The van der Waals surface area contributed by atoms with Crippen LogP contribution in [0.15, 0.2) is 60.8 Å². The van der Waals surface area contributed by atoms with Crippen LogP contribution in [0.5, 0.6) is 5.75 Å². The molecule has 0 spiro atoms. The molecular formula is C22H17FN2O3. The molecule has 1 heterocycles. The number of rotatable bonds is 7. The van der Waals surface area contributed by atoms with E-state index in [9.17, 15) is 19.6 Å². The van der Waals surface area contributed by atoms with Crippen LogP contribution in [0.25, 0.3) is 11.3 Å². The molecule has 0 saturated carbocycles. The molecule has 0 bridgehead atoms. The normalized spacial score (nSPS) is 10.3. The van der Waals surface area contributed by atoms with Crippen molar-refractivity contribution in [2.75, 3.05) is 6.61 Å². The summed E-state index contributed by atoms with van der Waals surface area (Å²) in [5, 5.41) is 18.7. The van der Waals surface area contributed by atoms with Crippen LogP contribution in [0.2, 0.25) is 0 Å². The van der Waals surface area contributed by atoms with E-state index in [1.54, 1.807) is 42.5 Å². The molecule has 0 aliphatic rings. The maximum Gasteiger partial charge on any atom is 0.337 e. The van der Waals surface area contributed by atoms with Gasteiger partial charge in [-0.05, 0) is 54.8 Å². The fourth-order valence-corrected chi connectivity index (χ4v) is 2.84. The number of nitrogens with zero attached hydrogens (tertiary/aromatic N) is 2. The van der Waals surface area contributed by atoms with E-state index in [4.69, 9.17) is 4.74 Å². The van der Waals surface area contributed by atoms with E-state index in [1.807, 2.05) is 0 Å². The van der Waals surface area contributed by atoms with Crippen LogP contribution in [-0.4, -0.2) is 22.7 Å². The summed E-state index contributed by atoms with van der Waals surface area (Å²) in [6.45, 7) is 0.326. The Morgan fingerprint density at radius 1 is 1.18 bits per heavy atom. The molecule has 2 aromatic carbocycles. The molecule has 0 fully saturated rings. The van der Waals surface area contributed by atoms with Gasteiger partial charge in [0.25, 0.3) is 0 Å². The van der Waals surface area contributed by atoms with Gasteiger partial charge in [-0.25, -0.2) is 9.18 Å². The summed E-state index contributed by atoms with van der Waals surface area (Å²) in [6, 6.07) is 16.5. The zero-order valence-corrected chi connectivity index (χ0v) is 14.9. The number of carbonyl (C=O) groups is 1. The average Bonchev–Trinajstić information content (AvgIpc) is 2.72. The fourth-order valence-electron chi connectivity index (χ4n) is 2.84. The third-order valence-electron chi connectivity index (χ3n) is 4.22. The van der Waals surface area contributed by atoms with E-state index in [0.29, 0.717) is 36.3 Å². The monoisotopic (exact) mass is 376 g/mol. The van der Waals surface area contributed by atoms with Crippen LogP contribution >= 0.6 is 0 Å². The van der Waals surface area contributed by atoms with Crippen LogP contribution in [0, 0.1) is 17.1 Å². The standard InChI is InChI=1S/C22H17FN2O3/c23-19-8-2-1-5-15(19)6-4-12-28-20-10-9-16(13-17(20)14-24)21-18(22(26)27)7-3-11-25-21/h1-3,5,7-11,13H,4,6,12H2,(H,26,27). The Bertz CT molecular complexity index is 1040. The lowest BCUT2D eigenvalue weighted by Gasteiger charge is -2.10. The maximum absolute atomic E-state index is 13.6. The van der Waals surface area contributed by atoms with Gasteiger partial charge in [0.15, 0.2) is 0 Å². The number of hydrogen-bond acceptors (Lipinski definition) is 4. The van der Waals surface area contributed by atoms with Crippen LogP contribution in [0.4, 0.5) is 4.39 Å². The topological polar surface area (TPSA) is 83.2 Å². The quantitative estimate of drug-likeness (QED) is 0.615. The number of halogens is 1. The number of aromatic nitrogens is 1. The predicted octanol–water partition coefficient (Wildman–Crippen LogP) is 4.47. The first-order chi connectivity index (χ1) is 13.6. The Morgan fingerprint density at radius 2 is 2.00 bits per heavy atom. The van der Waals surface area contributed by atoms with E-state index < -0.39 is 5.97 Å². The van der Waals surface area contributed by atoms with Crippen molar-refractivity contribution in [2.45, 2.75) is 12.8 Å². The number of aromatic carboxylic acids is 1. The SMILES string of the molecule is N#Cc1cc(-c2ncccc2C(=O)O)ccc1OCCCc1ccccc1F. The highest BCUT2D eigenvalue weighted by Crippen LogP contribution is 2.27. The molecule has 1 N–H and O–H groups in total. The minimum Gasteiger partial charge on any atom is -0.492 e. The van der Waals surface area contributed by atoms with Gasteiger partial charge in [0.05, 0.1) is 23.4 Å². The van der Waals surface area contributed by atoms with Gasteiger partial charge < -0.3 is 9.84 Å². The highest BCUT2D eigenvalue weighted by Gasteiger charge is 2.14. The molecule has 6 heteroatoms. The Kier molecular flexibility index (Phi) is 5.97. The number of pyridine rings is 1. The first-order valence-corrected chi connectivity index (χ1v) is 8.69. The fraction of sp³-hybridized carbons (Fsp3) is 0.136. The highest BCUT2D eigenvalue weighted by molar-refractivity contribution is 5.94. The van der Waals surface area contributed by atoms with Gasteiger partial charge in [-0.2, -0.15) is 5.26 Å². The van der Waals surface area contributed by atoms with E-state index >= 15 is 0 Å². The number of nitriles is 1. The van der Waals surface area contributed by atoms with Gasteiger partial charge in [-0.1, -0.05) is 18.2 Å². The van der Waals surface area contributed by atoms with Gasteiger partial charge in [0.1, 0.15) is 17.6 Å². The molecule has 0 radical (unpaired) electrons. The predicted molar refractivity (Wildman–Crippen MR) is 102 cm³/mol. The zero-order valence-electron chi connectivity index (χ0n) is 14.9. The second-order valence-electron chi connectivity index (χ2n) is 6.07.